The predicted molar refractivity (Wildman–Crippen MR) is 370 cm³/mol. The number of phosphoric ester groups is 1. The maximum atomic E-state index is 14.3. The Morgan fingerprint density at radius 2 is 0.653 bits per heavy atom. The van der Waals surface area contributed by atoms with Gasteiger partial charge in [-0.25, -0.2) is 4.57 Å². The molecule has 2 aliphatic heterocycles. The van der Waals surface area contributed by atoms with Gasteiger partial charge in [0.05, 0.1) is 13.2 Å². The Bertz CT molecular complexity index is 2030. The lowest BCUT2D eigenvalue weighted by atomic mass is 9.84. The van der Waals surface area contributed by atoms with Crippen LogP contribution < -0.4 is 0 Å². The first-order chi connectivity index (χ1) is 47.3. The highest BCUT2D eigenvalue weighted by Gasteiger charge is 2.58. The predicted octanol–water partition coefficient (Wildman–Crippen LogP) is 11.0. The molecule has 1 aliphatic carbocycles. The monoisotopic (exact) mass is 1430 g/mol. The molecule has 0 aromatic rings. The van der Waals surface area contributed by atoms with Crippen LogP contribution in [0.25, 0.3) is 0 Å². The Labute approximate surface area is 587 Å². The number of hydrogen-bond donors (Lipinski definition) is 11. The van der Waals surface area contributed by atoms with Crippen molar-refractivity contribution in [3.63, 3.8) is 0 Å². The van der Waals surface area contributed by atoms with Gasteiger partial charge < -0.3 is 89.1 Å². The van der Waals surface area contributed by atoms with Gasteiger partial charge in [-0.3, -0.25) is 23.4 Å². The summed E-state index contributed by atoms with van der Waals surface area (Å²) in [4.78, 5) is 51.0. The van der Waals surface area contributed by atoms with E-state index in [1.165, 1.54) is 167 Å². The van der Waals surface area contributed by atoms with Gasteiger partial charge in [0.1, 0.15) is 98.7 Å². The van der Waals surface area contributed by atoms with Crippen molar-refractivity contribution in [2.45, 2.75) is 420 Å². The first kappa shape index (κ1) is 90.2. The zero-order chi connectivity index (χ0) is 71.8. The molecule has 18 unspecified atom stereocenters. The van der Waals surface area contributed by atoms with Crippen LogP contribution in [0.5, 0.6) is 0 Å². The molecule has 3 fully saturated rings. The number of ether oxygens (including phenoxy) is 7. The number of carbonyl (C=O) groups excluding carboxylic acids is 3. The Balaban J connectivity index is 1.70. The number of esters is 3. The summed E-state index contributed by atoms with van der Waals surface area (Å²) < 4.78 is 65.0. The lowest BCUT2D eigenvalue weighted by Crippen LogP contribution is -2.69. The quantitative estimate of drug-likeness (QED) is 0.0117. The Hall–Kier alpha value is -2.04. The molecule has 0 aromatic heterocycles. The maximum Gasteiger partial charge on any atom is 0.472 e. The van der Waals surface area contributed by atoms with Gasteiger partial charge in [0.2, 0.25) is 0 Å². The summed E-state index contributed by atoms with van der Waals surface area (Å²) in [6.07, 6.45) is 13.1. The third-order valence-electron chi connectivity index (χ3n) is 19.4. The molecule has 0 bridgehead atoms. The SMILES string of the molecule is CCCCCCCCCCCCCCCCCCCC(=O)OCC1OC(OC2C(O)C(O)C(O)C(OC3OC(CO)C(O)C(O)C3O)C2OP(=O)(O)OCC(COC(=O)CCCCCCCCCCCCCCCCC)OC(=O)CCCCCCCCCCCCC)C(O)C(O)C1O. The number of aliphatic hydroxyl groups is 10. The van der Waals surface area contributed by atoms with Gasteiger partial charge in [0.15, 0.2) is 18.7 Å². The average molecular weight is 1430 g/mol. The number of aliphatic hydroxyl groups excluding tert-OH is 10. The topological polar surface area (TPSA) is 374 Å². The van der Waals surface area contributed by atoms with Crippen molar-refractivity contribution >= 4 is 25.7 Å². The number of phosphoric acid groups is 1. The van der Waals surface area contributed by atoms with Crippen LogP contribution >= 0.6 is 7.82 Å². The summed E-state index contributed by atoms with van der Waals surface area (Å²) in [6.45, 7) is 3.47. The molecule has 1 saturated carbocycles. The highest BCUT2D eigenvalue weighted by molar-refractivity contribution is 7.47. The van der Waals surface area contributed by atoms with Crippen molar-refractivity contribution in [3.05, 3.63) is 0 Å². The molecule has 18 atom stereocenters. The van der Waals surface area contributed by atoms with E-state index in [4.69, 9.17) is 42.2 Å². The van der Waals surface area contributed by atoms with Gasteiger partial charge >= 0.3 is 25.7 Å². The molecule has 24 nitrogen and oxygen atoms in total. The van der Waals surface area contributed by atoms with E-state index in [2.05, 4.69) is 20.8 Å². The van der Waals surface area contributed by atoms with E-state index >= 15 is 0 Å². The van der Waals surface area contributed by atoms with E-state index in [1.54, 1.807) is 0 Å². The number of rotatable bonds is 61. The molecule has 3 aliphatic rings. The fourth-order valence-electron chi connectivity index (χ4n) is 13.1. The Kier molecular flexibility index (Phi) is 51.0. The van der Waals surface area contributed by atoms with Crippen LogP contribution in [0.2, 0.25) is 0 Å². The molecule has 3 rings (SSSR count). The molecule has 0 radical (unpaired) electrons. The molecule has 0 amide bonds. The summed E-state index contributed by atoms with van der Waals surface area (Å²) >= 11 is 0. The van der Waals surface area contributed by atoms with E-state index in [0.29, 0.717) is 19.3 Å². The van der Waals surface area contributed by atoms with Crippen molar-refractivity contribution in [1.82, 2.24) is 0 Å². The fourth-order valence-corrected chi connectivity index (χ4v) is 14.0. The third kappa shape index (κ3) is 38.1. The second-order valence-electron chi connectivity index (χ2n) is 28.1. The van der Waals surface area contributed by atoms with Crippen LogP contribution in [0.1, 0.15) is 316 Å². The van der Waals surface area contributed by atoms with Crippen molar-refractivity contribution < 1.29 is 117 Å². The summed E-state index contributed by atoms with van der Waals surface area (Å²) in [5.41, 5.74) is 0. The molecule has 11 N–H and O–H groups in total. The largest absolute Gasteiger partial charge is 0.472 e. The van der Waals surface area contributed by atoms with E-state index in [-0.39, 0.29) is 19.3 Å². The zero-order valence-electron chi connectivity index (χ0n) is 60.3. The molecular weight excluding hydrogens is 1290 g/mol. The molecule has 0 aromatic carbocycles. The number of carbonyl (C=O) groups is 3. The highest BCUT2D eigenvalue weighted by Crippen LogP contribution is 2.49. The van der Waals surface area contributed by atoms with E-state index in [9.17, 15) is 74.9 Å². The van der Waals surface area contributed by atoms with Crippen LogP contribution in [-0.2, 0) is 61.2 Å². The normalized spacial score (nSPS) is 27.6. The first-order valence-electron chi connectivity index (χ1n) is 38.8. The molecule has 2 heterocycles. The van der Waals surface area contributed by atoms with E-state index in [0.717, 1.165) is 89.9 Å². The second-order valence-corrected chi connectivity index (χ2v) is 29.5. The van der Waals surface area contributed by atoms with Gasteiger partial charge in [0, 0.05) is 19.3 Å². The summed E-state index contributed by atoms with van der Waals surface area (Å²) in [6, 6.07) is 0. The van der Waals surface area contributed by atoms with E-state index in [1.807, 2.05) is 0 Å². The standard InChI is InChI=1S/C73H137O24P/c1-4-7-10-13-16-19-22-24-26-27-29-31-34-36-39-42-45-48-58(76)90-53-56-61(79)63(81)68(86)73(94-56)96-70-66(84)64(82)65(83)69(95-72-67(85)62(80)60(78)55(50-74)93-72)71(70)97-98(87,88)91-52-54(92-59(77)49-46-43-40-37-32-21-18-15-12-9-6-3)51-89-57(75)47-44-41-38-35-33-30-28-25-23-20-17-14-11-8-5-2/h54-56,60-74,78-86H,4-53H2,1-3H3,(H,87,88). The molecule has 0 spiro atoms. The fraction of sp³-hybridized carbons (Fsp3) is 0.959. The van der Waals surface area contributed by atoms with Crippen LogP contribution in [0.3, 0.4) is 0 Å². The summed E-state index contributed by atoms with van der Waals surface area (Å²) in [5, 5.41) is 110. The maximum absolute atomic E-state index is 14.3. The average Bonchev–Trinajstić information content (AvgIpc) is 0.759. The Morgan fingerprint density at radius 3 is 1.00 bits per heavy atom. The minimum Gasteiger partial charge on any atom is -0.463 e. The number of hydrogen-bond acceptors (Lipinski definition) is 23. The zero-order valence-corrected chi connectivity index (χ0v) is 61.2. The summed E-state index contributed by atoms with van der Waals surface area (Å²) in [7, 11) is -5.69. The van der Waals surface area contributed by atoms with Gasteiger partial charge in [-0.2, -0.15) is 0 Å². The highest BCUT2D eigenvalue weighted by atomic mass is 31.2. The first-order valence-corrected chi connectivity index (χ1v) is 40.3. The van der Waals surface area contributed by atoms with E-state index < -0.39 is 156 Å². The Morgan fingerprint density at radius 1 is 0.357 bits per heavy atom. The van der Waals surface area contributed by atoms with Crippen LogP contribution in [0.4, 0.5) is 0 Å². The van der Waals surface area contributed by atoms with Crippen molar-refractivity contribution in [1.29, 1.82) is 0 Å². The lowest BCUT2D eigenvalue weighted by Gasteiger charge is -2.49. The van der Waals surface area contributed by atoms with Crippen molar-refractivity contribution in [2.24, 2.45) is 0 Å². The van der Waals surface area contributed by atoms with Crippen LogP contribution in [0.15, 0.2) is 0 Å². The molecule has 2 saturated heterocycles. The molecule has 578 valence electrons. The minimum atomic E-state index is -5.69. The van der Waals surface area contributed by atoms with Gasteiger partial charge in [-0.1, -0.05) is 278 Å². The van der Waals surface area contributed by atoms with Crippen LogP contribution in [0, 0.1) is 0 Å². The van der Waals surface area contributed by atoms with Gasteiger partial charge in [-0.15, -0.1) is 0 Å². The van der Waals surface area contributed by atoms with Gasteiger partial charge in [-0.05, 0) is 19.3 Å². The summed E-state index contributed by atoms with van der Waals surface area (Å²) in [5.74, 6) is -1.97. The van der Waals surface area contributed by atoms with Crippen LogP contribution in [-0.4, -0.2) is 204 Å². The van der Waals surface area contributed by atoms with Gasteiger partial charge in [0.25, 0.3) is 0 Å². The van der Waals surface area contributed by atoms with Crippen molar-refractivity contribution in [2.75, 3.05) is 26.4 Å². The van der Waals surface area contributed by atoms with Crippen molar-refractivity contribution in [3.8, 4) is 0 Å². The molecular formula is C73H137O24P. The minimum absolute atomic E-state index is 0.0340. The smallest absolute Gasteiger partial charge is 0.463 e. The number of unbranched alkanes of at least 4 members (excludes halogenated alkanes) is 40. The molecule has 25 heteroatoms. The molecule has 98 heavy (non-hydrogen) atoms. The third-order valence-corrected chi connectivity index (χ3v) is 20.4. The lowest BCUT2D eigenvalue weighted by molar-refractivity contribution is -0.360. The second kappa shape index (κ2) is 55.4.